The topological polar surface area (TPSA) is 61.9 Å². The number of hydrogen-bond acceptors (Lipinski definition) is 3. The second kappa shape index (κ2) is 5.99. The fraction of sp³-hybridized carbons (Fsp3) is 0.857. The number of hydrogen-bond donors (Lipinski definition) is 1. The summed E-state index contributed by atoms with van der Waals surface area (Å²) in [6, 6.07) is 0.0333. The van der Waals surface area contributed by atoms with E-state index in [0.717, 1.165) is 6.54 Å². The van der Waals surface area contributed by atoms with Crippen LogP contribution < -0.4 is 5.32 Å². The number of nitrogens with zero attached hydrogens (tertiary/aromatic N) is 2. The molecule has 2 fully saturated rings. The van der Waals surface area contributed by atoms with Gasteiger partial charge in [-0.2, -0.15) is 0 Å². The molecule has 6 heteroatoms. The molecule has 2 aliphatic rings. The van der Waals surface area contributed by atoms with Gasteiger partial charge in [0.05, 0.1) is 18.7 Å². The van der Waals surface area contributed by atoms with Crippen molar-refractivity contribution in [3.8, 4) is 0 Å². The van der Waals surface area contributed by atoms with E-state index in [1.807, 2.05) is 18.7 Å². The SMILES string of the molecule is CC(C)CN1C(=O)CO[C@@H]2CN(C(=O)NC(C)C)C[C@H]21. The summed E-state index contributed by atoms with van der Waals surface area (Å²) in [5.74, 6) is 0.447. The third-order valence-corrected chi connectivity index (χ3v) is 3.64. The van der Waals surface area contributed by atoms with Crippen molar-refractivity contribution in [2.45, 2.75) is 45.9 Å². The van der Waals surface area contributed by atoms with Gasteiger partial charge >= 0.3 is 6.03 Å². The molecule has 0 radical (unpaired) electrons. The van der Waals surface area contributed by atoms with Crippen LogP contribution in [0.25, 0.3) is 0 Å². The van der Waals surface area contributed by atoms with Gasteiger partial charge in [0.25, 0.3) is 0 Å². The first-order valence-electron chi connectivity index (χ1n) is 7.35. The highest BCUT2D eigenvalue weighted by Gasteiger charge is 2.44. The van der Waals surface area contributed by atoms with Crippen LogP contribution in [0.3, 0.4) is 0 Å². The summed E-state index contributed by atoms with van der Waals surface area (Å²) in [4.78, 5) is 27.7. The number of fused-ring (bicyclic) bond motifs is 1. The number of nitrogens with one attached hydrogen (secondary N) is 1. The summed E-state index contributed by atoms with van der Waals surface area (Å²) in [5.41, 5.74) is 0. The molecule has 0 aromatic heterocycles. The fourth-order valence-corrected chi connectivity index (χ4v) is 2.80. The van der Waals surface area contributed by atoms with Crippen molar-refractivity contribution in [3.63, 3.8) is 0 Å². The fourth-order valence-electron chi connectivity index (χ4n) is 2.80. The summed E-state index contributed by atoms with van der Waals surface area (Å²) in [6.45, 7) is 10.0. The summed E-state index contributed by atoms with van der Waals surface area (Å²) >= 11 is 0. The van der Waals surface area contributed by atoms with E-state index in [1.165, 1.54) is 0 Å². The van der Waals surface area contributed by atoms with Crippen molar-refractivity contribution in [2.24, 2.45) is 5.92 Å². The Morgan fingerprint density at radius 3 is 2.65 bits per heavy atom. The lowest BCUT2D eigenvalue weighted by atomic mass is 10.1. The third-order valence-electron chi connectivity index (χ3n) is 3.64. The molecule has 2 heterocycles. The molecular weight excluding hydrogens is 258 g/mol. The molecule has 6 nitrogen and oxygen atoms in total. The molecule has 0 aromatic rings. The highest BCUT2D eigenvalue weighted by Crippen LogP contribution is 2.24. The zero-order chi connectivity index (χ0) is 14.9. The Labute approximate surface area is 120 Å². The van der Waals surface area contributed by atoms with Crippen molar-refractivity contribution in [2.75, 3.05) is 26.2 Å². The summed E-state index contributed by atoms with van der Waals surface area (Å²) < 4.78 is 5.60. The molecule has 2 atom stereocenters. The molecule has 0 aromatic carbocycles. The minimum absolute atomic E-state index is 0.00318. The van der Waals surface area contributed by atoms with Crippen molar-refractivity contribution < 1.29 is 14.3 Å². The van der Waals surface area contributed by atoms with Crippen LogP contribution in [0.1, 0.15) is 27.7 Å². The molecule has 114 valence electrons. The molecule has 2 rings (SSSR count). The number of rotatable bonds is 3. The predicted octanol–water partition coefficient (Wildman–Crippen LogP) is 0.672. The monoisotopic (exact) mass is 283 g/mol. The van der Waals surface area contributed by atoms with E-state index in [2.05, 4.69) is 19.2 Å². The van der Waals surface area contributed by atoms with E-state index in [4.69, 9.17) is 4.74 Å². The molecule has 0 saturated carbocycles. The lowest BCUT2D eigenvalue weighted by molar-refractivity contribution is -0.153. The van der Waals surface area contributed by atoms with Gasteiger partial charge in [0, 0.05) is 19.1 Å². The lowest BCUT2D eigenvalue weighted by Crippen LogP contribution is -2.55. The van der Waals surface area contributed by atoms with Crippen LogP contribution in [0.5, 0.6) is 0 Å². The van der Waals surface area contributed by atoms with Gasteiger partial charge in [-0.3, -0.25) is 4.79 Å². The Bertz CT molecular complexity index is 384. The van der Waals surface area contributed by atoms with Gasteiger partial charge in [-0.15, -0.1) is 0 Å². The van der Waals surface area contributed by atoms with E-state index < -0.39 is 0 Å². The number of urea groups is 1. The Morgan fingerprint density at radius 2 is 2.05 bits per heavy atom. The normalized spacial score (nSPS) is 26.4. The van der Waals surface area contributed by atoms with Crippen LogP contribution in [-0.2, 0) is 9.53 Å². The number of carbonyl (C=O) groups is 2. The van der Waals surface area contributed by atoms with Gasteiger partial charge in [-0.1, -0.05) is 13.8 Å². The van der Waals surface area contributed by atoms with Crippen molar-refractivity contribution in [3.05, 3.63) is 0 Å². The molecule has 0 bridgehead atoms. The Hall–Kier alpha value is -1.30. The standard InChI is InChI=1S/C14H25N3O3/c1-9(2)5-17-11-6-16(14(19)15-10(3)4)7-12(11)20-8-13(17)18/h9-12H,5-8H2,1-4H3,(H,15,19)/t11-,12-/m1/s1. The first-order chi connectivity index (χ1) is 9.38. The zero-order valence-electron chi connectivity index (χ0n) is 12.8. The largest absolute Gasteiger partial charge is 0.364 e. The highest BCUT2D eigenvalue weighted by atomic mass is 16.5. The minimum atomic E-state index is -0.0741. The smallest absolute Gasteiger partial charge is 0.317 e. The van der Waals surface area contributed by atoms with E-state index in [9.17, 15) is 9.59 Å². The molecule has 0 unspecified atom stereocenters. The Kier molecular flexibility index (Phi) is 4.52. The first kappa shape index (κ1) is 15.1. The van der Waals surface area contributed by atoms with Crippen LogP contribution in [0.2, 0.25) is 0 Å². The number of morpholine rings is 1. The zero-order valence-corrected chi connectivity index (χ0v) is 12.8. The van der Waals surface area contributed by atoms with E-state index in [0.29, 0.717) is 19.0 Å². The average Bonchev–Trinajstić information content (AvgIpc) is 2.76. The molecule has 0 aliphatic carbocycles. The second-order valence-corrected chi connectivity index (χ2v) is 6.37. The summed E-state index contributed by atoms with van der Waals surface area (Å²) in [7, 11) is 0. The van der Waals surface area contributed by atoms with Crippen LogP contribution in [0, 0.1) is 5.92 Å². The molecule has 20 heavy (non-hydrogen) atoms. The van der Waals surface area contributed by atoms with E-state index >= 15 is 0 Å². The maximum atomic E-state index is 12.1. The third kappa shape index (κ3) is 3.23. The van der Waals surface area contributed by atoms with E-state index in [1.54, 1.807) is 4.90 Å². The maximum absolute atomic E-state index is 12.1. The van der Waals surface area contributed by atoms with Crippen LogP contribution in [-0.4, -0.2) is 66.2 Å². The van der Waals surface area contributed by atoms with Gasteiger partial charge in [0.15, 0.2) is 0 Å². The molecule has 2 aliphatic heterocycles. The van der Waals surface area contributed by atoms with Crippen molar-refractivity contribution in [1.82, 2.24) is 15.1 Å². The van der Waals surface area contributed by atoms with Gasteiger partial charge in [-0.05, 0) is 19.8 Å². The molecule has 0 spiro atoms. The molecule has 1 N–H and O–H groups in total. The first-order valence-corrected chi connectivity index (χ1v) is 7.35. The van der Waals surface area contributed by atoms with Gasteiger partial charge < -0.3 is 19.9 Å². The Balaban J connectivity index is 2.03. The van der Waals surface area contributed by atoms with Crippen LogP contribution >= 0.6 is 0 Å². The van der Waals surface area contributed by atoms with Gasteiger partial charge in [0.2, 0.25) is 5.91 Å². The van der Waals surface area contributed by atoms with Gasteiger partial charge in [0.1, 0.15) is 6.61 Å². The highest BCUT2D eigenvalue weighted by molar-refractivity contribution is 5.79. The average molecular weight is 283 g/mol. The van der Waals surface area contributed by atoms with Crippen LogP contribution in [0.4, 0.5) is 4.79 Å². The van der Waals surface area contributed by atoms with Crippen LogP contribution in [0.15, 0.2) is 0 Å². The van der Waals surface area contributed by atoms with Crippen molar-refractivity contribution >= 4 is 11.9 Å². The lowest BCUT2D eigenvalue weighted by Gasteiger charge is -2.37. The Morgan fingerprint density at radius 1 is 1.35 bits per heavy atom. The molecule has 2 saturated heterocycles. The number of amides is 3. The quantitative estimate of drug-likeness (QED) is 0.828. The van der Waals surface area contributed by atoms with Crippen molar-refractivity contribution in [1.29, 1.82) is 0 Å². The maximum Gasteiger partial charge on any atom is 0.317 e. The number of likely N-dealkylation sites (tertiary alicyclic amines) is 1. The molecule has 3 amide bonds. The predicted molar refractivity (Wildman–Crippen MR) is 75.3 cm³/mol. The summed E-state index contributed by atoms with van der Waals surface area (Å²) in [5, 5.41) is 2.89. The van der Waals surface area contributed by atoms with E-state index in [-0.39, 0.29) is 36.7 Å². The molecular formula is C14H25N3O3. The second-order valence-electron chi connectivity index (χ2n) is 6.37. The van der Waals surface area contributed by atoms with Gasteiger partial charge in [-0.25, -0.2) is 4.79 Å². The summed E-state index contributed by atoms with van der Waals surface area (Å²) in [6.07, 6.45) is -0.0515. The minimum Gasteiger partial charge on any atom is -0.364 e. The number of carbonyl (C=O) groups excluding carboxylic acids is 2. The number of ether oxygens (including phenoxy) is 1.